The topological polar surface area (TPSA) is 50.4 Å². The number of rotatable bonds is 8. The number of nitrogens with one attached hydrogen (secondary N) is 2. The van der Waals surface area contributed by atoms with Crippen molar-refractivity contribution in [3.05, 3.63) is 23.8 Å². The van der Waals surface area contributed by atoms with Crippen molar-refractivity contribution >= 4 is 11.6 Å². The Balaban J connectivity index is 1.76. The van der Waals surface area contributed by atoms with E-state index in [-0.39, 0.29) is 5.91 Å². The lowest BCUT2D eigenvalue weighted by atomic mass is 10.1. The highest BCUT2D eigenvalue weighted by Crippen LogP contribution is 2.30. The summed E-state index contributed by atoms with van der Waals surface area (Å²) in [6.45, 7) is 4.35. The third-order valence-corrected chi connectivity index (χ3v) is 3.74. The number of hydrogen-bond acceptors (Lipinski definition) is 3. The van der Waals surface area contributed by atoms with Gasteiger partial charge in [-0.1, -0.05) is 45.1 Å². The molecule has 1 aromatic rings. The minimum absolute atomic E-state index is 0.0379. The van der Waals surface area contributed by atoms with E-state index in [1.165, 1.54) is 32.1 Å². The highest BCUT2D eigenvalue weighted by molar-refractivity contribution is 5.98. The van der Waals surface area contributed by atoms with Crippen LogP contribution in [-0.2, 0) is 0 Å². The molecule has 0 aliphatic carbocycles. The summed E-state index contributed by atoms with van der Waals surface area (Å²) in [5.74, 6) is 0.647. The van der Waals surface area contributed by atoms with Gasteiger partial charge in [0.1, 0.15) is 6.61 Å². The summed E-state index contributed by atoms with van der Waals surface area (Å²) in [6, 6.07) is 5.65. The zero-order valence-corrected chi connectivity index (χ0v) is 12.9. The molecule has 1 amide bonds. The number of carbonyl (C=O) groups excluding carboxylic acids is 1. The molecule has 116 valence electrons. The summed E-state index contributed by atoms with van der Waals surface area (Å²) in [6.07, 6.45) is 7.37. The molecule has 0 spiro atoms. The first-order chi connectivity index (χ1) is 10.3. The van der Waals surface area contributed by atoms with Crippen LogP contribution in [0.15, 0.2) is 18.2 Å². The second-order valence-electron chi connectivity index (χ2n) is 5.48. The summed E-state index contributed by atoms with van der Waals surface area (Å²) in [4.78, 5) is 12.2. The van der Waals surface area contributed by atoms with E-state index in [0.29, 0.717) is 17.9 Å². The molecule has 4 nitrogen and oxygen atoms in total. The molecule has 0 atom stereocenters. The first-order valence-corrected chi connectivity index (χ1v) is 8.11. The second-order valence-corrected chi connectivity index (χ2v) is 5.48. The largest absolute Gasteiger partial charge is 0.489 e. The van der Waals surface area contributed by atoms with Crippen LogP contribution < -0.4 is 15.4 Å². The molecule has 4 heteroatoms. The van der Waals surface area contributed by atoms with Gasteiger partial charge in [-0.3, -0.25) is 4.79 Å². The summed E-state index contributed by atoms with van der Waals surface area (Å²) in [5.41, 5.74) is 1.54. The predicted octanol–water partition coefficient (Wildman–Crippen LogP) is 3.58. The number of hydrogen-bond donors (Lipinski definition) is 2. The van der Waals surface area contributed by atoms with E-state index in [4.69, 9.17) is 4.74 Å². The van der Waals surface area contributed by atoms with Crippen LogP contribution >= 0.6 is 0 Å². The first kappa shape index (κ1) is 15.7. The van der Waals surface area contributed by atoms with Gasteiger partial charge < -0.3 is 15.4 Å². The number of unbranched alkanes of at least 4 members (excludes halogenated alkanes) is 5. The van der Waals surface area contributed by atoms with Crippen molar-refractivity contribution in [3.8, 4) is 5.75 Å². The van der Waals surface area contributed by atoms with E-state index < -0.39 is 0 Å². The SMILES string of the molecule is CCCCCCCCNC(=O)c1cccc2c1OCCN2. The van der Waals surface area contributed by atoms with Gasteiger partial charge in [-0.25, -0.2) is 0 Å². The highest BCUT2D eigenvalue weighted by Gasteiger charge is 2.18. The number of para-hydroxylation sites is 1. The molecule has 1 aliphatic heterocycles. The molecule has 0 saturated heterocycles. The Morgan fingerprint density at radius 2 is 2.05 bits per heavy atom. The molecule has 21 heavy (non-hydrogen) atoms. The van der Waals surface area contributed by atoms with Gasteiger partial charge >= 0.3 is 0 Å². The average molecular weight is 290 g/mol. The molecule has 0 unspecified atom stereocenters. The summed E-state index contributed by atoms with van der Waals surface area (Å²) < 4.78 is 5.62. The van der Waals surface area contributed by atoms with Crippen LogP contribution in [-0.4, -0.2) is 25.6 Å². The summed E-state index contributed by atoms with van der Waals surface area (Å²) in [5, 5.41) is 6.24. The highest BCUT2D eigenvalue weighted by atomic mass is 16.5. The molecule has 2 rings (SSSR count). The van der Waals surface area contributed by atoms with Gasteiger partial charge in [-0.05, 0) is 18.6 Å². The van der Waals surface area contributed by atoms with E-state index in [1.807, 2.05) is 18.2 Å². The lowest BCUT2D eigenvalue weighted by Gasteiger charge is -2.21. The third-order valence-electron chi connectivity index (χ3n) is 3.74. The molecule has 0 aromatic heterocycles. The number of amides is 1. The van der Waals surface area contributed by atoms with Crippen LogP contribution in [0.3, 0.4) is 0 Å². The van der Waals surface area contributed by atoms with Crippen LogP contribution in [0.4, 0.5) is 5.69 Å². The van der Waals surface area contributed by atoms with Crippen molar-refractivity contribution in [1.29, 1.82) is 0 Å². The molecule has 1 heterocycles. The zero-order chi connectivity index (χ0) is 14.9. The minimum Gasteiger partial charge on any atom is -0.489 e. The Morgan fingerprint density at radius 3 is 2.90 bits per heavy atom. The molecular formula is C17H26N2O2. The van der Waals surface area contributed by atoms with Gasteiger partial charge in [0.05, 0.1) is 11.3 Å². The van der Waals surface area contributed by atoms with Crippen molar-refractivity contribution in [3.63, 3.8) is 0 Å². The van der Waals surface area contributed by atoms with Gasteiger partial charge in [-0.15, -0.1) is 0 Å². The third kappa shape index (κ3) is 4.66. The Bertz CT molecular complexity index is 460. The monoisotopic (exact) mass is 290 g/mol. The van der Waals surface area contributed by atoms with Crippen molar-refractivity contribution in [2.24, 2.45) is 0 Å². The van der Waals surface area contributed by atoms with Crippen LogP contribution in [0.2, 0.25) is 0 Å². The second kappa shape index (κ2) is 8.55. The standard InChI is InChI=1S/C17H26N2O2/c1-2-3-4-5-6-7-11-19-17(20)14-9-8-10-15-16(14)21-13-12-18-15/h8-10,18H,2-7,11-13H2,1H3,(H,19,20). The smallest absolute Gasteiger partial charge is 0.255 e. The summed E-state index contributed by atoms with van der Waals surface area (Å²) in [7, 11) is 0. The van der Waals surface area contributed by atoms with Crippen molar-refractivity contribution in [2.45, 2.75) is 45.4 Å². The van der Waals surface area contributed by atoms with Gasteiger partial charge in [0.25, 0.3) is 5.91 Å². The van der Waals surface area contributed by atoms with E-state index in [9.17, 15) is 4.79 Å². The van der Waals surface area contributed by atoms with Crippen molar-refractivity contribution in [2.75, 3.05) is 25.0 Å². The number of benzene rings is 1. The van der Waals surface area contributed by atoms with Crippen LogP contribution in [0.1, 0.15) is 55.8 Å². The lowest BCUT2D eigenvalue weighted by molar-refractivity contribution is 0.0949. The average Bonchev–Trinajstić information content (AvgIpc) is 2.53. The van der Waals surface area contributed by atoms with E-state index in [2.05, 4.69) is 17.6 Å². The fourth-order valence-electron chi connectivity index (χ4n) is 2.55. The van der Waals surface area contributed by atoms with Crippen LogP contribution in [0.25, 0.3) is 0 Å². The van der Waals surface area contributed by atoms with Crippen LogP contribution in [0.5, 0.6) is 5.75 Å². The van der Waals surface area contributed by atoms with Crippen molar-refractivity contribution in [1.82, 2.24) is 5.32 Å². The number of carbonyl (C=O) groups is 1. The fourth-order valence-corrected chi connectivity index (χ4v) is 2.55. The van der Waals surface area contributed by atoms with Gasteiger partial charge in [0.15, 0.2) is 5.75 Å². The molecule has 2 N–H and O–H groups in total. The maximum Gasteiger partial charge on any atom is 0.255 e. The predicted molar refractivity (Wildman–Crippen MR) is 86.1 cm³/mol. The number of ether oxygens (including phenoxy) is 1. The maximum atomic E-state index is 12.2. The van der Waals surface area contributed by atoms with E-state index >= 15 is 0 Å². The number of anilines is 1. The number of fused-ring (bicyclic) bond motifs is 1. The Kier molecular flexibility index (Phi) is 6.38. The lowest BCUT2D eigenvalue weighted by Crippen LogP contribution is -2.27. The Hall–Kier alpha value is -1.71. The molecule has 0 saturated carbocycles. The summed E-state index contributed by atoms with van der Waals surface area (Å²) >= 11 is 0. The molecule has 1 aromatic carbocycles. The quantitative estimate of drug-likeness (QED) is 0.719. The minimum atomic E-state index is -0.0379. The zero-order valence-electron chi connectivity index (χ0n) is 12.9. The molecule has 1 aliphatic rings. The first-order valence-electron chi connectivity index (χ1n) is 8.11. The maximum absolute atomic E-state index is 12.2. The van der Waals surface area contributed by atoms with E-state index in [0.717, 1.165) is 25.2 Å². The fraction of sp³-hybridized carbons (Fsp3) is 0.588. The van der Waals surface area contributed by atoms with Crippen molar-refractivity contribution < 1.29 is 9.53 Å². The van der Waals surface area contributed by atoms with Gasteiger partial charge in [0.2, 0.25) is 0 Å². The van der Waals surface area contributed by atoms with E-state index in [1.54, 1.807) is 0 Å². The Morgan fingerprint density at radius 1 is 1.24 bits per heavy atom. The van der Waals surface area contributed by atoms with Crippen LogP contribution in [0, 0.1) is 0 Å². The molecule has 0 bridgehead atoms. The van der Waals surface area contributed by atoms with Gasteiger partial charge in [-0.2, -0.15) is 0 Å². The molecule has 0 radical (unpaired) electrons. The molecular weight excluding hydrogens is 264 g/mol. The normalized spacial score (nSPS) is 13.0. The Labute approximate surface area is 127 Å². The van der Waals surface area contributed by atoms with Gasteiger partial charge in [0, 0.05) is 13.1 Å². The molecule has 0 fully saturated rings.